The molecule has 0 bridgehead atoms. The molecule has 1 unspecified atom stereocenters. The number of carbonyl (C=O) groups is 2. The third-order valence-electron chi connectivity index (χ3n) is 4.45. The SMILES string of the molecule is Cc1cc(N2C(=O)C(=O)/C(=C(/O)c3ccc(Cl)cc3)C2c2ccncc2)no1. The maximum atomic E-state index is 12.9. The summed E-state index contributed by atoms with van der Waals surface area (Å²) in [5.41, 5.74) is 0.933. The molecule has 140 valence electrons. The van der Waals surface area contributed by atoms with Crippen LogP contribution >= 0.6 is 11.6 Å². The third-order valence-corrected chi connectivity index (χ3v) is 4.70. The molecule has 1 amide bonds. The summed E-state index contributed by atoms with van der Waals surface area (Å²) in [6, 6.07) is 10.4. The third kappa shape index (κ3) is 2.95. The summed E-state index contributed by atoms with van der Waals surface area (Å²) < 4.78 is 5.08. The molecule has 1 saturated heterocycles. The van der Waals surface area contributed by atoms with Crippen LogP contribution in [-0.2, 0) is 9.59 Å². The summed E-state index contributed by atoms with van der Waals surface area (Å²) in [5, 5.41) is 15.2. The molecule has 1 aromatic carbocycles. The van der Waals surface area contributed by atoms with Crippen LogP contribution < -0.4 is 4.90 Å². The van der Waals surface area contributed by atoms with Crippen molar-refractivity contribution >= 4 is 34.9 Å². The average molecular weight is 396 g/mol. The molecule has 3 heterocycles. The standard InChI is InChI=1S/C20H14ClN3O4/c1-11-10-15(23-28-11)24-17(12-6-8-22-9-7-12)16(19(26)20(24)27)18(25)13-2-4-14(21)5-3-13/h2-10,17,25H,1H3/b18-16+. The highest BCUT2D eigenvalue weighted by Gasteiger charge is 2.48. The number of aliphatic hydroxyl groups excluding tert-OH is 1. The van der Waals surface area contributed by atoms with Crippen LogP contribution in [0.4, 0.5) is 5.82 Å². The first-order valence-electron chi connectivity index (χ1n) is 8.37. The van der Waals surface area contributed by atoms with Gasteiger partial charge in [0.15, 0.2) is 5.82 Å². The van der Waals surface area contributed by atoms with Crippen LogP contribution in [0.25, 0.3) is 5.76 Å². The van der Waals surface area contributed by atoms with Gasteiger partial charge in [-0.3, -0.25) is 19.5 Å². The molecule has 0 spiro atoms. The zero-order valence-electron chi connectivity index (χ0n) is 14.7. The van der Waals surface area contributed by atoms with E-state index in [0.717, 1.165) is 0 Å². The van der Waals surface area contributed by atoms with Gasteiger partial charge in [0.05, 0.1) is 11.6 Å². The first-order valence-corrected chi connectivity index (χ1v) is 8.75. The number of aromatic nitrogens is 2. The van der Waals surface area contributed by atoms with E-state index in [2.05, 4.69) is 10.1 Å². The monoisotopic (exact) mass is 395 g/mol. The maximum absolute atomic E-state index is 12.9. The molecule has 1 aliphatic rings. The lowest BCUT2D eigenvalue weighted by atomic mass is 9.96. The average Bonchev–Trinajstić information content (AvgIpc) is 3.24. The number of rotatable bonds is 3. The summed E-state index contributed by atoms with van der Waals surface area (Å²) in [5.74, 6) is -1.22. The lowest BCUT2D eigenvalue weighted by molar-refractivity contribution is -0.132. The number of ketones is 1. The highest BCUT2D eigenvalue weighted by Crippen LogP contribution is 2.41. The van der Waals surface area contributed by atoms with Crippen molar-refractivity contribution in [2.45, 2.75) is 13.0 Å². The predicted molar refractivity (Wildman–Crippen MR) is 102 cm³/mol. The van der Waals surface area contributed by atoms with Crippen molar-refractivity contribution in [1.29, 1.82) is 0 Å². The predicted octanol–water partition coefficient (Wildman–Crippen LogP) is 3.66. The zero-order valence-corrected chi connectivity index (χ0v) is 15.4. The fraction of sp³-hybridized carbons (Fsp3) is 0.100. The molecule has 1 fully saturated rings. The van der Waals surface area contributed by atoms with Crippen LogP contribution in [0.3, 0.4) is 0 Å². The number of halogens is 1. The summed E-state index contributed by atoms with van der Waals surface area (Å²) in [4.78, 5) is 30.9. The van der Waals surface area contributed by atoms with Crippen molar-refractivity contribution in [3.8, 4) is 0 Å². The van der Waals surface area contributed by atoms with E-state index in [-0.39, 0.29) is 17.2 Å². The van der Waals surface area contributed by atoms with Crippen LogP contribution in [0, 0.1) is 6.92 Å². The van der Waals surface area contributed by atoms with E-state index >= 15 is 0 Å². The second-order valence-corrected chi connectivity index (χ2v) is 6.69. The molecule has 4 rings (SSSR count). The van der Waals surface area contributed by atoms with E-state index in [1.54, 1.807) is 61.8 Å². The van der Waals surface area contributed by atoms with Gasteiger partial charge < -0.3 is 9.63 Å². The Labute approximate surface area is 164 Å². The lowest BCUT2D eigenvalue weighted by Gasteiger charge is -2.22. The molecule has 3 aromatic rings. The number of Topliss-reactive ketones (excluding diaryl/α,β-unsaturated/α-hetero) is 1. The van der Waals surface area contributed by atoms with Crippen molar-refractivity contribution in [2.75, 3.05) is 4.90 Å². The van der Waals surface area contributed by atoms with Crippen LogP contribution in [0.2, 0.25) is 5.02 Å². The molecule has 8 heteroatoms. The van der Waals surface area contributed by atoms with Crippen LogP contribution in [0.1, 0.15) is 22.9 Å². The Balaban J connectivity index is 1.93. The van der Waals surface area contributed by atoms with E-state index in [4.69, 9.17) is 16.1 Å². The number of pyridine rings is 1. The van der Waals surface area contributed by atoms with E-state index in [0.29, 0.717) is 21.9 Å². The van der Waals surface area contributed by atoms with E-state index in [9.17, 15) is 14.7 Å². The number of hydrogen-bond donors (Lipinski definition) is 1. The summed E-state index contributed by atoms with van der Waals surface area (Å²) >= 11 is 5.91. The van der Waals surface area contributed by atoms with Gasteiger partial charge in [0.2, 0.25) is 0 Å². The maximum Gasteiger partial charge on any atom is 0.301 e. The van der Waals surface area contributed by atoms with Crippen molar-refractivity contribution in [2.24, 2.45) is 0 Å². The molecule has 0 aliphatic carbocycles. The van der Waals surface area contributed by atoms with Gasteiger partial charge in [0.1, 0.15) is 11.5 Å². The van der Waals surface area contributed by atoms with E-state index < -0.39 is 17.7 Å². The molecule has 28 heavy (non-hydrogen) atoms. The summed E-state index contributed by atoms with van der Waals surface area (Å²) in [7, 11) is 0. The molecule has 1 aliphatic heterocycles. The number of carbonyl (C=O) groups excluding carboxylic acids is 2. The van der Waals surface area contributed by atoms with Gasteiger partial charge in [-0.2, -0.15) is 0 Å². The fourth-order valence-corrected chi connectivity index (χ4v) is 3.29. The Morgan fingerprint density at radius 2 is 1.82 bits per heavy atom. The van der Waals surface area contributed by atoms with Crippen LogP contribution in [-0.4, -0.2) is 26.9 Å². The largest absolute Gasteiger partial charge is 0.507 e. The molecular weight excluding hydrogens is 382 g/mol. The highest BCUT2D eigenvalue weighted by atomic mass is 35.5. The van der Waals surface area contributed by atoms with Gasteiger partial charge in [-0.05, 0) is 48.9 Å². The van der Waals surface area contributed by atoms with E-state index in [1.165, 1.54) is 4.90 Å². The van der Waals surface area contributed by atoms with Gasteiger partial charge in [0.25, 0.3) is 5.78 Å². The molecule has 2 aromatic heterocycles. The number of nitrogens with zero attached hydrogens (tertiary/aromatic N) is 3. The normalized spacial score (nSPS) is 18.6. The number of hydrogen-bond acceptors (Lipinski definition) is 6. The molecule has 7 nitrogen and oxygen atoms in total. The quantitative estimate of drug-likeness (QED) is 0.413. The highest BCUT2D eigenvalue weighted by molar-refractivity contribution is 6.51. The zero-order chi connectivity index (χ0) is 19.8. The van der Waals surface area contributed by atoms with E-state index in [1.807, 2.05) is 0 Å². The topological polar surface area (TPSA) is 96.5 Å². The smallest absolute Gasteiger partial charge is 0.301 e. The van der Waals surface area contributed by atoms with Crippen LogP contribution in [0.15, 0.2) is 65.0 Å². The van der Waals surface area contributed by atoms with Crippen molar-refractivity contribution in [1.82, 2.24) is 10.1 Å². The lowest BCUT2D eigenvalue weighted by Crippen LogP contribution is -2.29. The minimum Gasteiger partial charge on any atom is -0.507 e. The number of amides is 1. The Morgan fingerprint density at radius 3 is 2.43 bits per heavy atom. The number of benzene rings is 1. The second-order valence-electron chi connectivity index (χ2n) is 6.25. The fourth-order valence-electron chi connectivity index (χ4n) is 3.16. The van der Waals surface area contributed by atoms with Gasteiger partial charge in [0, 0.05) is 29.0 Å². The Bertz CT molecular complexity index is 1090. The number of aliphatic hydroxyl groups is 1. The van der Waals surface area contributed by atoms with Crippen LogP contribution in [0.5, 0.6) is 0 Å². The minimum atomic E-state index is -0.872. The van der Waals surface area contributed by atoms with Crippen molar-refractivity contribution < 1.29 is 19.2 Å². The Morgan fingerprint density at radius 1 is 1.14 bits per heavy atom. The molecule has 0 radical (unpaired) electrons. The van der Waals surface area contributed by atoms with Gasteiger partial charge in [-0.1, -0.05) is 16.8 Å². The molecule has 1 atom stereocenters. The minimum absolute atomic E-state index is 0.0424. The Kier molecular flexibility index (Phi) is 4.44. The van der Waals surface area contributed by atoms with Crippen molar-refractivity contribution in [3.63, 3.8) is 0 Å². The molecule has 0 saturated carbocycles. The number of aryl methyl sites for hydroxylation is 1. The van der Waals surface area contributed by atoms with Gasteiger partial charge in [-0.25, -0.2) is 0 Å². The van der Waals surface area contributed by atoms with Crippen molar-refractivity contribution in [3.05, 3.63) is 82.3 Å². The first-order chi connectivity index (χ1) is 13.5. The molecular formula is C20H14ClN3O4. The summed E-state index contributed by atoms with van der Waals surface area (Å²) in [6.07, 6.45) is 3.09. The second kappa shape index (κ2) is 6.94. The van der Waals surface area contributed by atoms with Gasteiger partial charge in [-0.15, -0.1) is 0 Å². The number of anilines is 1. The molecule has 1 N–H and O–H groups in total. The first kappa shape index (κ1) is 17.9. The summed E-state index contributed by atoms with van der Waals surface area (Å²) in [6.45, 7) is 1.68. The van der Waals surface area contributed by atoms with Gasteiger partial charge >= 0.3 is 5.91 Å². The Hall–Kier alpha value is -3.45.